The van der Waals surface area contributed by atoms with Crippen LogP contribution in [0.25, 0.3) is 0 Å². The Balaban J connectivity index is 1.97. The Morgan fingerprint density at radius 1 is 1.00 bits per heavy atom. The van der Waals surface area contributed by atoms with Gasteiger partial charge in [-0.25, -0.2) is 0 Å². The largest absolute Gasteiger partial charge is 0.334 e. The quantitative estimate of drug-likeness (QED) is 0.681. The van der Waals surface area contributed by atoms with Gasteiger partial charge in [-0.05, 0) is 64.8 Å². The first kappa shape index (κ1) is 21.3. The van der Waals surface area contributed by atoms with Gasteiger partial charge in [-0.1, -0.05) is 12.1 Å². The second-order valence-corrected chi connectivity index (χ2v) is 7.94. The number of likely N-dealkylation sites (tertiary alicyclic amines) is 1. The first-order valence-corrected chi connectivity index (χ1v) is 9.43. The highest BCUT2D eigenvalue weighted by atomic mass is 16.2. The molecule has 0 bridgehead atoms. The first-order valence-electron chi connectivity index (χ1n) is 9.43. The van der Waals surface area contributed by atoms with Crippen LogP contribution in [0.4, 0.5) is 5.69 Å². The molecule has 7 nitrogen and oxygen atoms in total. The van der Waals surface area contributed by atoms with E-state index in [9.17, 15) is 9.59 Å². The Morgan fingerprint density at radius 3 is 1.96 bits per heavy atom. The number of nitrogens with one attached hydrogen (secondary N) is 2. The Labute approximate surface area is 162 Å². The van der Waals surface area contributed by atoms with Crippen molar-refractivity contribution in [1.29, 1.82) is 0 Å². The van der Waals surface area contributed by atoms with E-state index in [1.165, 1.54) is 0 Å². The molecule has 1 saturated heterocycles. The van der Waals surface area contributed by atoms with E-state index in [1.807, 2.05) is 59.5 Å². The molecule has 0 aromatic heterocycles. The predicted octanol–water partition coefficient (Wildman–Crippen LogP) is 0.542. The van der Waals surface area contributed by atoms with Crippen molar-refractivity contribution in [3.63, 3.8) is 0 Å². The van der Waals surface area contributed by atoms with Crippen LogP contribution < -0.4 is 10.6 Å². The maximum Gasteiger partial charge on any atom is 0.313 e. The van der Waals surface area contributed by atoms with Gasteiger partial charge in [-0.3, -0.25) is 9.59 Å². The summed E-state index contributed by atoms with van der Waals surface area (Å²) in [6.45, 7) is 3.85. The van der Waals surface area contributed by atoms with Gasteiger partial charge in [-0.15, -0.1) is 0 Å². The van der Waals surface area contributed by atoms with Crippen LogP contribution in [-0.4, -0.2) is 87.9 Å². The normalized spacial score (nSPS) is 19.7. The molecular formula is C20H33N5O2. The fourth-order valence-electron chi connectivity index (χ4n) is 3.69. The zero-order chi connectivity index (χ0) is 20.0. The fraction of sp³-hybridized carbons (Fsp3) is 0.600. The first-order chi connectivity index (χ1) is 12.8. The van der Waals surface area contributed by atoms with Gasteiger partial charge in [0.25, 0.3) is 0 Å². The van der Waals surface area contributed by atoms with Crippen LogP contribution in [0.5, 0.6) is 0 Å². The standard InChI is InChI=1S/C20H33N5O2/c1-21-10-15-6-8-18(9-7-15)22-19(26)20(27)25-13-16(11-23(2)3)17(14-25)12-24(4)5/h6-9,16-17,21H,10-14H2,1-5H3,(H,22,26)/t16-,17-/m1/s1. The molecule has 0 aliphatic carbocycles. The number of carbonyl (C=O) groups is 2. The molecule has 0 spiro atoms. The van der Waals surface area contributed by atoms with Crippen LogP contribution in [0.2, 0.25) is 0 Å². The summed E-state index contributed by atoms with van der Waals surface area (Å²) in [5, 5.41) is 5.81. The zero-order valence-corrected chi connectivity index (χ0v) is 17.2. The molecule has 2 N–H and O–H groups in total. The summed E-state index contributed by atoms with van der Waals surface area (Å²) in [4.78, 5) is 31.1. The molecule has 2 atom stereocenters. The number of nitrogens with zero attached hydrogens (tertiary/aromatic N) is 3. The van der Waals surface area contributed by atoms with Crippen LogP contribution in [0.1, 0.15) is 5.56 Å². The number of hydrogen-bond donors (Lipinski definition) is 2. The minimum atomic E-state index is -0.564. The van der Waals surface area contributed by atoms with Crippen molar-refractivity contribution in [2.75, 3.05) is 66.7 Å². The number of carbonyl (C=O) groups excluding carboxylic acids is 2. The fourth-order valence-corrected chi connectivity index (χ4v) is 3.69. The Bertz CT molecular complexity index is 612. The van der Waals surface area contributed by atoms with Gasteiger partial charge >= 0.3 is 11.8 Å². The summed E-state index contributed by atoms with van der Waals surface area (Å²) < 4.78 is 0. The van der Waals surface area contributed by atoms with Crippen molar-refractivity contribution < 1.29 is 9.59 Å². The van der Waals surface area contributed by atoms with Crippen molar-refractivity contribution in [3.05, 3.63) is 29.8 Å². The topological polar surface area (TPSA) is 67.9 Å². The maximum absolute atomic E-state index is 12.7. The monoisotopic (exact) mass is 375 g/mol. The summed E-state index contributed by atoms with van der Waals surface area (Å²) in [5.41, 5.74) is 1.77. The lowest BCUT2D eigenvalue weighted by molar-refractivity contribution is -0.142. The Morgan fingerprint density at radius 2 is 1.52 bits per heavy atom. The number of rotatable bonds is 7. The van der Waals surface area contributed by atoms with Crippen LogP contribution in [0.15, 0.2) is 24.3 Å². The van der Waals surface area contributed by atoms with Crippen LogP contribution in [0, 0.1) is 11.8 Å². The van der Waals surface area contributed by atoms with E-state index in [0.29, 0.717) is 30.6 Å². The summed E-state index contributed by atoms with van der Waals surface area (Å²) in [6, 6.07) is 7.52. The molecule has 1 fully saturated rings. The molecule has 1 aliphatic heterocycles. The molecule has 2 amide bonds. The van der Waals surface area contributed by atoms with Gasteiger partial charge in [0.15, 0.2) is 0 Å². The molecule has 1 aromatic carbocycles. The lowest BCUT2D eigenvalue weighted by Gasteiger charge is -2.24. The van der Waals surface area contributed by atoms with E-state index < -0.39 is 11.8 Å². The minimum Gasteiger partial charge on any atom is -0.334 e. The van der Waals surface area contributed by atoms with Gasteiger partial charge in [0.05, 0.1) is 0 Å². The lowest BCUT2D eigenvalue weighted by atomic mass is 9.95. The molecule has 0 saturated carbocycles. The third-order valence-corrected chi connectivity index (χ3v) is 4.85. The van der Waals surface area contributed by atoms with Gasteiger partial charge in [0.1, 0.15) is 0 Å². The highest BCUT2D eigenvalue weighted by Crippen LogP contribution is 2.25. The SMILES string of the molecule is CNCc1ccc(NC(=O)C(=O)N2C[C@@H](CN(C)C)[C@H](CN(C)C)C2)cc1. The number of anilines is 1. The minimum absolute atomic E-state index is 0.375. The molecule has 0 unspecified atom stereocenters. The van der Waals surface area contributed by atoms with Gasteiger partial charge in [0, 0.05) is 38.4 Å². The van der Waals surface area contributed by atoms with E-state index in [4.69, 9.17) is 0 Å². The van der Waals surface area contributed by atoms with E-state index in [2.05, 4.69) is 20.4 Å². The third kappa shape index (κ3) is 6.30. The molecule has 150 valence electrons. The Kier molecular flexibility index (Phi) is 7.77. The highest BCUT2D eigenvalue weighted by molar-refractivity contribution is 6.39. The molecule has 1 aromatic rings. The average Bonchev–Trinajstić information content (AvgIpc) is 2.97. The van der Waals surface area contributed by atoms with E-state index in [0.717, 1.165) is 25.2 Å². The zero-order valence-electron chi connectivity index (χ0n) is 17.2. The maximum atomic E-state index is 12.7. The smallest absolute Gasteiger partial charge is 0.313 e. The van der Waals surface area contributed by atoms with Crippen molar-refractivity contribution in [2.45, 2.75) is 6.54 Å². The summed E-state index contributed by atoms with van der Waals surface area (Å²) in [5.74, 6) is -0.259. The second kappa shape index (κ2) is 9.82. The molecule has 1 heterocycles. The molecule has 2 rings (SSSR count). The number of amides is 2. The van der Waals surface area contributed by atoms with Gasteiger partial charge in [0.2, 0.25) is 0 Å². The van der Waals surface area contributed by atoms with Crippen LogP contribution >= 0.6 is 0 Å². The summed E-state index contributed by atoms with van der Waals surface area (Å²) >= 11 is 0. The van der Waals surface area contributed by atoms with Gasteiger partial charge < -0.3 is 25.3 Å². The molecule has 1 aliphatic rings. The number of benzene rings is 1. The van der Waals surface area contributed by atoms with Crippen molar-refractivity contribution in [2.24, 2.45) is 11.8 Å². The third-order valence-electron chi connectivity index (χ3n) is 4.85. The number of hydrogen-bond acceptors (Lipinski definition) is 5. The van der Waals surface area contributed by atoms with E-state index in [1.54, 1.807) is 4.90 Å². The lowest BCUT2D eigenvalue weighted by Crippen LogP contribution is -2.39. The van der Waals surface area contributed by atoms with E-state index in [-0.39, 0.29) is 0 Å². The second-order valence-electron chi connectivity index (χ2n) is 7.94. The van der Waals surface area contributed by atoms with Crippen molar-refractivity contribution >= 4 is 17.5 Å². The summed E-state index contributed by atoms with van der Waals surface area (Å²) in [7, 11) is 10.1. The molecular weight excluding hydrogens is 342 g/mol. The molecule has 27 heavy (non-hydrogen) atoms. The molecule has 0 radical (unpaired) electrons. The average molecular weight is 376 g/mol. The van der Waals surface area contributed by atoms with E-state index >= 15 is 0 Å². The predicted molar refractivity (Wildman–Crippen MR) is 109 cm³/mol. The summed E-state index contributed by atoms with van der Waals surface area (Å²) in [6.07, 6.45) is 0. The van der Waals surface area contributed by atoms with Crippen LogP contribution in [0.3, 0.4) is 0 Å². The molecule has 7 heteroatoms. The Hall–Kier alpha value is -1.96. The van der Waals surface area contributed by atoms with Crippen molar-refractivity contribution in [3.8, 4) is 0 Å². The van der Waals surface area contributed by atoms with Gasteiger partial charge in [-0.2, -0.15) is 0 Å². The highest BCUT2D eigenvalue weighted by Gasteiger charge is 2.37. The van der Waals surface area contributed by atoms with Crippen molar-refractivity contribution in [1.82, 2.24) is 20.0 Å². The van der Waals surface area contributed by atoms with Crippen LogP contribution in [-0.2, 0) is 16.1 Å².